The van der Waals surface area contributed by atoms with Gasteiger partial charge in [-0.15, -0.1) is 0 Å². The zero-order valence-electron chi connectivity index (χ0n) is 12.3. The number of sulfonamides is 1. The highest BCUT2D eigenvalue weighted by atomic mass is 32.2. The maximum absolute atomic E-state index is 12.0. The average Bonchev–Trinajstić information content (AvgIpc) is 2.36. The smallest absolute Gasteiger partial charge is 0.251 e. The van der Waals surface area contributed by atoms with Crippen LogP contribution in [0.5, 0.6) is 0 Å². The summed E-state index contributed by atoms with van der Waals surface area (Å²) in [5.74, 6) is -0.377. The van der Waals surface area contributed by atoms with Gasteiger partial charge in [0.1, 0.15) is 0 Å². The number of rotatable bonds is 6. The maximum Gasteiger partial charge on any atom is 0.251 e. The van der Waals surface area contributed by atoms with Crippen LogP contribution in [0.1, 0.15) is 29.3 Å². The third-order valence-corrected chi connectivity index (χ3v) is 5.31. The molecule has 0 aromatic heterocycles. The molecule has 118 valence electrons. The summed E-state index contributed by atoms with van der Waals surface area (Å²) >= 11 is 0. The molecule has 0 aliphatic heterocycles. The molecular weight excluding hydrogens is 312 g/mol. The Bertz CT molecular complexity index is 656. The fourth-order valence-electron chi connectivity index (χ4n) is 1.70. The molecule has 0 aliphatic carbocycles. The molecule has 8 heteroatoms. The van der Waals surface area contributed by atoms with Crippen molar-refractivity contribution < 1.29 is 17.4 Å². The van der Waals surface area contributed by atoms with Gasteiger partial charge in [-0.3, -0.25) is 9.00 Å². The third-order valence-electron chi connectivity index (χ3n) is 3.04. The van der Waals surface area contributed by atoms with Gasteiger partial charge in [-0.2, -0.15) is 0 Å². The van der Waals surface area contributed by atoms with Crippen LogP contribution < -0.4 is 10.5 Å². The van der Waals surface area contributed by atoms with Gasteiger partial charge in [-0.05, 0) is 37.1 Å². The number of amides is 1. The van der Waals surface area contributed by atoms with E-state index in [-0.39, 0.29) is 21.6 Å². The van der Waals surface area contributed by atoms with Gasteiger partial charge in [-0.25, -0.2) is 13.6 Å². The topological polar surface area (TPSA) is 106 Å². The first-order valence-corrected chi connectivity index (χ1v) is 9.53. The molecule has 6 nitrogen and oxygen atoms in total. The van der Waals surface area contributed by atoms with Crippen molar-refractivity contribution >= 4 is 26.7 Å². The van der Waals surface area contributed by atoms with E-state index >= 15 is 0 Å². The SMILES string of the molecule is Cc1cc(C(=O)NCCC(C)S(C)=O)cc(S(N)(=O)=O)c1. The van der Waals surface area contributed by atoms with E-state index in [4.69, 9.17) is 5.14 Å². The number of primary sulfonamides is 1. The van der Waals surface area contributed by atoms with E-state index < -0.39 is 20.8 Å². The number of carbonyl (C=O) groups is 1. The fraction of sp³-hybridized carbons (Fsp3) is 0.462. The summed E-state index contributed by atoms with van der Waals surface area (Å²) in [6.45, 7) is 3.90. The predicted octanol–water partition coefficient (Wildman–Crippen LogP) is 0.529. The minimum atomic E-state index is -3.85. The molecule has 1 aromatic carbocycles. The van der Waals surface area contributed by atoms with E-state index in [9.17, 15) is 17.4 Å². The molecule has 3 N–H and O–H groups in total. The lowest BCUT2D eigenvalue weighted by Crippen LogP contribution is -2.27. The Balaban J connectivity index is 2.79. The van der Waals surface area contributed by atoms with Gasteiger partial charge in [-0.1, -0.05) is 6.92 Å². The zero-order chi connectivity index (χ0) is 16.2. The van der Waals surface area contributed by atoms with Gasteiger partial charge in [0.25, 0.3) is 5.91 Å². The molecular formula is C13H20N2O4S2. The van der Waals surface area contributed by atoms with Crippen LogP contribution in [0.3, 0.4) is 0 Å². The van der Waals surface area contributed by atoms with Gasteiger partial charge in [0.15, 0.2) is 0 Å². The van der Waals surface area contributed by atoms with E-state index in [1.165, 1.54) is 12.1 Å². The normalized spacial score (nSPS) is 14.5. The number of nitrogens with one attached hydrogen (secondary N) is 1. The van der Waals surface area contributed by atoms with Crippen LogP contribution in [0.2, 0.25) is 0 Å². The van der Waals surface area contributed by atoms with Gasteiger partial charge in [0.05, 0.1) is 4.90 Å². The highest BCUT2D eigenvalue weighted by Crippen LogP contribution is 2.13. The van der Waals surface area contributed by atoms with Crippen LogP contribution in [0, 0.1) is 6.92 Å². The Kier molecular flexibility index (Phi) is 6.06. The lowest BCUT2D eigenvalue weighted by atomic mass is 10.1. The van der Waals surface area contributed by atoms with E-state index in [1.807, 2.05) is 6.92 Å². The van der Waals surface area contributed by atoms with Gasteiger partial charge < -0.3 is 5.32 Å². The first kappa shape index (κ1) is 17.8. The minimum absolute atomic E-state index is 0.0113. The highest BCUT2D eigenvalue weighted by molar-refractivity contribution is 7.89. The summed E-state index contributed by atoms with van der Waals surface area (Å²) in [5.41, 5.74) is 0.874. The fourth-order valence-corrected chi connectivity index (χ4v) is 2.79. The summed E-state index contributed by atoms with van der Waals surface area (Å²) in [5, 5.41) is 7.74. The molecule has 0 heterocycles. The monoisotopic (exact) mass is 332 g/mol. The van der Waals surface area contributed by atoms with Crippen molar-refractivity contribution in [2.45, 2.75) is 30.4 Å². The van der Waals surface area contributed by atoms with Crippen LogP contribution in [0.25, 0.3) is 0 Å². The molecule has 1 amide bonds. The molecule has 21 heavy (non-hydrogen) atoms. The average molecular weight is 332 g/mol. The van der Waals surface area contributed by atoms with Crippen molar-refractivity contribution in [3.8, 4) is 0 Å². The zero-order valence-corrected chi connectivity index (χ0v) is 13.9. The largest absolute Gasteiger partial charge is 0.352 e. The lowest BCUT2D eigenvalue weighted by molar-refractivity contribution is 0.0953. The van der Waals surface area contributed by atoms with E-state index in [0.717, 1.165) is 0 Å². The van der Waals surface area contributed by atoms with Crippen molar-refractivity contribution in [3.63, 3.8) is 0 Å². The number of nitrogens with two attached hydrogens (primary N) is 1. The molecule has 0 bridgehead atoms. The third kappa shape index (κ3) is 5.56. The standard InChI is InChI=1S/C13H20N2O4S2/c1-9-6-11(8-12(7-9)21(14,18)19)13(16)15-5-4-10(2)20(3)17/h6-8,10H,4-5H2,1-3H3,(H,15,16)(H2,14,18,19). The summed E-state index contributed by atoms with van der Waals surface area (Å²) < 4.78 is 33.9. The van der Waals surface area contributed by atoms with Crippen LogP contribution in [-0.2, 0) is 20.8 Å². The lowest BCUT2D eigenvalue weighted by Gasteiger charge is -2.10. The van der Waals surface area contributed by atoms with Crippen LogP contribution in [0.15, 0.2) is 23.1 Å². The summed E-state index contributed by atoms with van der Waals surface area (Å²) in [4.78, 5) is 11.9. The van der Waals surface area contributed by atoms with Crippen molar-refractivity contribution in [1.29, 1.82) is 0 Å². The van der Waals surface area contributed by atoms with Crippen LogP contribution >= 0.6 is 0 Å². The Morgan fingerprint density at radius 2 is 2.00 bits per heavy atom. The van der Waals surface area contributed by atoms with Gasteiger partial charge >= 0.3 is 0 Å². The second-order valence-electron chi connectivity index (χ2n) is 4.93. The van der Waals surface area contributed by atoms with Crippen molar-refractivity contribution in [1.82, 2.24) is 5.32 Å². The second kappa shape index (κ2) is 7.15. The highest BCUT2D eigenvalue weighted by Gasteiger charge is 2.14. The summed E-state index contributed by atoms with van der Waals surface area (Å²) in [6, 6.07) is 4.25. The second-order valence-corrected chi connectivity index (χ2v) is 8.30. The first-order chi connectivity index (χ1) is 9.61. The van der Waals surface area contributed by atoms with Crippen molar-refractivity contribution in [2.75, 3.05) is 12.8 Å². The first-order valence-electron chi connectivity index (χ1n) is 6.36. The molecule has 2 atom stereocenters. The number of hydrogen-bond acceptors (Lipinski definition) is 4. The predicted molar refractivity (Wildman–Crippen MR) is 83.0 cm³/mol. The van der Waals surface area contributed by atoms with Crippen molar-refractivity contribution in [2.24, 2.45) is 5.14 Å². The molecule has 0 aliphatic rings. The van der Waals surface area contributed by atoms with E-state index in [2.05, 4.69) is 5.32 Å². The number of benzene rings is 1. The Morgan fingerprint density at radius 1 is 1.38 bits per heavy atom. The number of hydrogen-bond donors (Lipinski definition) is 2. The molecule has 2 unspecified atom stereocenters. The molecule has 1 rings (SSSR count). The number of carbonyl (C=O) groups excluding carboxylic acids is 1. The molecule has 1 aromatic rings. The molecule has 0 radical (unpaired) electrons. The van der Waals surface area contributed by atoms with E-state index in [1.54, 1.807) is 19.2 Å². The molecule has 0 fully saturated rings. The minimum Gasteiger partial charge on any atom is -0.352 e. The Labute approximate surface area is 127 Å². The molecule has 0 saturated heterocycles. The quantitative estimate of drug-likeness (QED) is 0.792. The Hall–Kier alpha value is -1.25. The Morgan fingerprint density at radius 3 is 2.52 bits per heavy atom. The summed E-state index contributed by atoms with van der Waals surface area (Å²) in [6.07, 6.45) is 2.20. The summed E-state index contributed by atoms with van der Waals surface area (Å²) in [7, 11) is -4.78. The van der Waals surface area contributed by atoms with Crippen LogP contribution in [0.4, 0.5) is 0 Å². The molecule has 0 saturated carbocycles. The maximum atomic E-state index is 12.0. The van der Waals surface area contributed by atoms with Gasteiger partial charge in [0.2, 0.25) is 10.0 Å². The molecule has 0 spiro atoms. The van der Waals surface area contributed by atoms with Crippen molar-refractivity contribution in [3.05, 3.63) is 29.3 Å². The van der Waals surface area contributed by atoms with Crippen LogP contribution in [-0.4, -0.2) is 36.6 Å². The number of aryl methyl sites for hydroxylation is 1. The van der Waals surface area contributed by atoms with E-state index in [0.29, 0.717) is 18.5 Å². The van der Waals surface area contributed by atoms with Gasteiger partial charge in [0, 0.05) is 34.4 Å².